The molecule has 1 N–H and O–H groups in total. The number of methoxy groups -OCH3 is 1. The van der Waals surface area contributed by atoms with Crippen LogP contribution in [0.5, 0.6) is 0 Å². The van der Waals surface area contributed by atoms with Gasteiger partial charge in [-0.25, -0.2) is 9.48 Å². The van der Waals surface area contributed by atoms with Crippen LogP contribution >= 0.6 is 0 Å². The van der Waals surface area contributed by atoms with Crippen LogP contribution in [0.4, 0.5) is 0 Å². The number of hydrogen-bond acceptors (Lipinski definition) is 4. The molecule has 0 aliphatic rings. The third kappa shape index (κ3) is 3.40. The first kappa shape index (κ1) is 16.7. The summed E-state index contributed by atoms with van der Waals surface area (Å²) in [6, 6.07) is 8.42. The van der Waals surface area contributed by atoms with Gasteiger partial charge in [0.05, 0.1) is 29.7 Å². The molecule has 1 heterocycles. The molecule has 0 aliphatic carbocycles. The van der Waals surface area contributed by atoms with Crippen molar-refractivity contribution in [3.05, 3.63) is 47.8 Å². The van der Waals surface area contributed by atoms with Gasteiger partial charge in [0.15, 0.2) is 0 Å². The molecule has 122 valence electrons. The molecule has 0 aliphatic heterocycles. The van der Waals surface area contributed by atoms with E-state index in [2.05, 4.69) is 5.10 Å². The molecule has 0 radical (unpaired) electrons. The minimum absolute atomic E-state index is 0.186. The van der Waals surface area contributed by atoms with Gasteiger partial charge in [0.2, 0.25) is 0 Å². The van der Waals surface area contributed by atoms with E-state index in [9.17, 15) is 9.59 Å². The maximum Gasteiger partial charge on any atom is 0.326 e. The van der Waals surface area contributed by atoms with Gasteiger partial charge in [0.1, 0.15) is 6.04 Å². The second-order valence-corrected chi connectivity index (χ2v) is 5.12. The minimum atomic E-state index is -1.07. The van der Waals surface area contributed by atoms with Crippen LogP contribution in [0, 0.1) is 0 Å². The van der Waals surface area contributed by atoms with Crippen molar-refractivity contribution in [3.8, 4) is 5.69 Å². The summed E-state index contributed by atoms with van der Waals surface area (Å²) < 4.78 is 6.80. The smallest absolute Gasteiger partial charge is 0.326 e. The van der Waals surface area contributed by atoms with E-state index < -0.39 is 17.9 Å². The Hall–Kier alpha value is -2.67. The van der Waals surface area contributed by atoms with Crippen LogP contribution in [0.2, 0.25) is 0 Å². The average molecular weight is 317 g/mol. The molecule has 1 unspecified atom stereocenters. The second kappa shape index (κ2) is 7.06. The lowest BCUT2D eigenvalue weighted by Gasteiger charge is -2.21. The highest BCUT2D eigenvalue weighted by Crippen LogP contribution is 2.18. The first-order valence-electron chi connectivity index (χ1n) is 7.08. The van der Waals surface area contributed by atoms with Gasteiger partial charge in [-0.3, -0.25) is 4.79 Å². The molecule has 0 spiro atoms. The monoisotopic (exact) mass is 317 g/mol. The summed E-state index contributed by atoms with van der Waals surface area (Å²) in [7, 11) is 2.98. The highest BCUT2D eigenvalue weighted by atomic mass is 16.5. The first-order chi connectivity index (χ1) is 11.0. The van der Waals surface area contributed by atoms with Crippen LogP contribution in [0.3, 0.4) is 0 Å². The van der Waals surface area contributed by atoms with Crippen molar-refractivity contribution < 1.29 is 19.4 Å². The molecule has 1 aromatic heterocycles. The number of amides is 1. The van der Waals surface area contributed by atoms with Gasteiger partial charge >= 0.3 is 5.97 Å². The van der Waals surface area contributed by atoms with Crippen molar-refractivity contribution in [2.45, 2.75) is 19.6 Å². The SMILES string of the molecule is COCc1c(C(=O)N(C)C(C)C(=O)O)cnn1-c1ccccc1. The Morgan fingerprint density at radius 3 is 2.57 bits per heavy atom. The van der Waals surface area contributed by atoms with Gasteiger partial charge < -0.3 is 14.7 Å². The average Bonchev–Trinajstić information content (AvgIpc) is 2.97. The van der Waals surface area contributed by atoms with E-state index in [4.69, 9.17) is 9.84 Å². The van der Waals surface area contributed by atoms with E-state index in [1.807, 2.05) is 30.3 Å². The number of hydrogen-bond donors (Lipinski definition) is 1. The van der Waals surface area contributed by atoms with E-state index in [0.29, 0.717) is 11.3 Å². The molecule has 0 bridgehead atoms. The molecule has 1 atom stereocenters. The highest BCUT2D eigenvalue weighted by Gasteiger charge is 2.27. The summed E-state index contributed by atoms with van der Waals surface area (Å²) in [4.78, 5) is 24.8. The third-order valence-corrected chi connectivity index (χ3v) is 3.64. The van der Waals surface area contributed by atoms with Crippen molar-refractivity contribution in [3.63, 3.8) is 0 Å². The summed E-state index contributed by atoms with van der Waals surface area (Å²) in [5.41, 5.74) is 1.70. The quantitative estimate of drug-likeness (QED) is 0.874. The van der Waals surface area contributed by atoms with E-state index in [0.717, 1.165) is 5.69 Å². The number of carboxylic acids is 1. The topological polar surface area (TPSA) is 84.7 Å². The van der Waals surface area contributed by atoms with E-state index in [-0.39, 0.29) is 6.61 Å². The molecule has 1 aromatic carbocycles. The number of aliphatic carboxylic acids is 1. The van der Waals surface area contributed by atoms with Crippen molar-refractivity contribution in [2.24, 2.45) is 0 Å². The molecule has 0 saturated heterocycles. The van der Waals surface area contributed by atoms with Gasteiger partial charge in [-0.15, -0.1) is 0 Å². The fourth-order valence-electron chi connectivity index (χ4n) is 2.15. The Morgan fingerprint density at radius 2 is 2.00 bits per heavy atom. The molecule has 1 amide bonds. The molecule has 2 aromatic rings. The van der Waals surface area contributed by atoms with E-state index in [1.54, 1.807) is 4.68 Å². The molecule has 23 heavy (non-hydrogen) atoms. The molecular formula is C16H19N3O4. The minimum Gasteiger partial charge on any atom is -0.480 e. The molecule has 7 heteroatoms. The molecule has 0 saturated carbocycles. The Morgan fingerprint density at radius 1 is 1.35 bits per heavy atom. The van der Waals surface area contributed by atoms with Gasteiger partial charge in [0, 0.05) is 14.2 Å². The predicted octanol–water partition coefficient (Wildman–Crippen LogP) is 1.56. The summed E-state index contributed by atoms with van der Waals surface area (Å²) >= 11 is 0. The lowest BCUT2D eigenvalue weighted by atomic mass is 10.2. The summed E-state index contributed by atoms with van der Waals surface area (Å²) in [5.74, 6) is -1.47. The van der Waals surface area contributed by atoms with E-state index >= 15 is 0 Å². The number of ether oxygens (including phenoxy) is 1. The maximum absolute atomic E-state index is 12.6. The highest BCUT2D eigenvalue weighted by molar-refractivity contribution is 5.97. The lowest BCUT2D eigenvalue weighted by molar-refractivity contribution is -0.141. The van der Waals surface area contributed by atoms with Crippen molar-refractivity contribution in [1.82, 2.24) is 14.7 Å². The largest absolute Gasteiger partial charge is 0.480 e. The summed E-state index contributed by atoms with van der Waals surface area (Å²) in [5, 5.41) is 13.3. The number of rotatable bonds is 6. The van der Waals surface area contributed by atoms with Crippen LogP contribution < -0.4 is 0 Å². The van der Waals surface area contributed by atoms with Crippen LogP contribution in [-0.2, 0) is 16.1 Å². The van der Waals surface area contributed by atoms with E-state index in [1.165, 1.54) is 32.2 Å². The summed E-state index contributed by atoms with van der Waals surface area (Å²) in [6.45, 7) is 1.64. The normalized spacial score (nSPS) is 12.0. The van der Waals surface area contributed by atoms with Gasteiger partial charge in [-0.05, 0) is 19.1 Å². The second-order valence-electron chi connectivity index (χ2n) is 5.12. The predicted molar refractivity (Wildman–Crippen MR) is 83.5 cm³/mol. The fourth-order valence-corrected chi connectivity index (χ4v) is 2.15. The molecule has 0 fully saturated rings. The van der Waals surface area contributed by atoms with Gasteiger partial charge in [-0.2, -0.15) is 5.10 Å². The van der Waals surface area contributed by atoms with Crippen molar-refractivity contribution in [1.29, 1.82) is 0 Å². The van der Waals surface area contributed by atoms with Crippen molar-refractivity contribution in [2.75, 3.05) is 14.2 Å². The number of carboxylic acid groups (broad SMARTS) is 1. The standard InChI is InChI=1S/C16H19N3O4/c1-11(16(21)22)18(2)15(20)13-9-17-19(14(13)10-23-3)12-7-5-4-6-8-12/h4-9,11H,10H2,1-3H3,(H,21,22). The number of benzene rings is 1. The Labute approximate surface area is 134 Å². The van der Waals surface area contributed by atoms with Gasteiger partial charge in [0.25, 0.3) is 5.91 Å². The maximum atomic E-state index is 12.6. The van der Waals surface area contributed by atoms with Crippen LogP contribution in [0.15, 0.2) is 36.5 Å². The Bertz CT molecular complexity index is 697. The number of aromatic nitrogens is 2. The third-order valence-electron chi connectivity index (χ3n) is 3.64. The Balaban J connectivity index is 2.42. The summed E-state index contributed by atoms with van der Waals surface area (Å²) in [6.07, 6.45) is 1.44. The Kier molecular flexibility index (Phi) is 5.13. The fraction of sp³-hybridized carbons (Fsp3) is 0.312. The number of carbonyl (C=O) groups is 2. The number of carbonyl (C=O) groups excluding carboxylic acids is 1. The van der Waals surface area contributed by atoms with Crippen LogP contribution in [0.1, 0.15) is 23.0 Å². The zero-order valence-corrected chi connectivity index (χ0v) is 13.3. The van der Waals surface area contributed by atoms with Crippen molar-refractivity contribution >= 4 is 11.9 Å². The lowest BCUT2D eigenvalue weighted by Crippen LogP contribution is -2.40. The first-order valence-corrected chi connectivity index (χ1v) is 7.08. The van der Waals surface area contributed by atoms with Crippen LogP contribution in [0.25, 0.3) is 5.69 Å². The van der Waals surface area contributed by atoms with Gasteiger partial charge in [-0.1, -0.05) is 18.2 Å². The molecular weight excluding hydrogens is 298 g/mol. The zero-order chi connectivity index (χ0) is 17.0. The zero-order valence-electron chi connectivity index (χ0n) is 13.3. The number of para-hydroxylation sites is 1. The van der Waals surface area contributed by atoms with Crippen LogP contribution in [-0.4, -0.2) is 51.9 Å². The molecule has 7 nitrogen and oxygen atoms in total. The molecule has 2 rings (SSSR count). The number of nitrogens with zero attached hydrogens (tertiary/aromatic N) is 3. The number of likely N-dealkylation sites (N-methyl/N-ethyl adjacent to an activating group) is 1.